The second kappa shape index (κ2) is 7.78. The second-order valence-electron chi connectivity index (χ2n) is 6.57. The zero-order chi connectivity index (χ0) is 19.5. The Labute approximate surface area is 166 Å². The summed E-state index contributed by atoms with van der Waals surface area (Å²) in [4.78, 5) is 30.6. The predicted molar refractivity (Wildman–Crippen MR) is 112 cm³/mol. The van der Waals surface area contributed by atoms with Gasteiger partial charge in [-0.2, -0.15) is 0 Å². The summed E-state index contributed by atoms with van der Waals surface area (Å²) < 4.78 is 1.92. The van der Waals surface area contributed by atoms with Crippen LogP contribution < -0.4 is 10.9 Å². The minimum absolute atomic E-state index is 0.0580. The molecule has 6 heteroatoms. The molecule has 4 rings (SSSR count). The number of carbonyl (C=O) groups excluding carboxylic acids is 1. The van der Waals surface area contributed by atoms with Gasteiger partial charge >= 0.3 is 0 Å². The summed E-state index contributed by atoms with van der Waals surface area (Å²) in [6, 6.07) is 21.4. The molecule has 4 aromatic rings. The fraction of sp³-hybridized carbons (Fsp3) is 0.136. The van der Waals surface area contributed by atoms with Crippen LogP contribution in [0.4, 0.5) is 0 Å². The van der Waals surface area contributed by atoms with Crippen LogP contribution in [0.15, 0.2) is 77.9 Å². The summed E-state index contributed by atoms with van der Waals surface area (Å²) in [5.74, 6) is -0.223. The Morgan fingerprint density at radius 2 is 1.79 bits per heavy atom. The highest BCUT2D eigenvalue weighted by Crippen LogP contribution is 2.30. The third kappa shape index (κ3) is 3.73. The van der Waals surface area contributed by atoms with Crippen LogP contribution in [-0.4, -0.2) is 15.5 Å². The van der Waals surface area contributed by atoms with Crippen molar-refractivity contribution in [1.29, 1.82) is 0 Å². The van der Waals surface area contributed by atoms with Crippen LogP contribution in [0.1, 0.15) is 18.5 Å². The molecule has 2 heterocycles. The van der Waals surface area contributed by atoms with Gasteiger partial charge in [0.2, 0.25) is 5.91 Å². The van der Waals surface area contributed by atoms with E-state index in [4.69, 9.17) is 0 Å². The first-order valence-electron chi connectivity index (χ1n) is 9.00. The van der Waals surface area contributed by atoms with E-state index in [0.29, 0.717) is 10.2 Å². The van der Waals surface area contributed by atoms with Gasteiger partial charge in [0.25, 0.3) is 5.56 Å². The maximum atomic E-state index is 12.8. The molecule has 1 amide bonds. The molecule has 0 saturated carbocycles. The van der Waals surface area contributed by atoms with E-state index in [1.807, 2.05) is 73.7 Å². The van der Waals surface area contributed by atoms with Crippen molar-refractivity contribution >= 4 is 27.5 Å². The van der Waals surface area contributed by atoms with Crippen LogP contribution in [0, 0.1) is 0 Å². The Kier molecular flexibility index (Phi) is 5.04. The molecule has 0 fully saturated rings. The maximum Gasteiger partial charge on any atom is 0.271 e. The van der Waals surface area contributed by atoms with E-state index < -0.39 is 0 Å². The van der Waals surface area contributed by atoms with Crippen LogP contribution >= 0.6 is 11.3 Å². The largest absolute Gasteiger partial charge is 0.348 e. The van der Waals surface area contributed by atoms with Crippen molar-refractivity contribution < 1.29 is 4.79 Å². The number of rotatable bonds is 5. The quantitative estimate of drug-likeness (QED) is 0.561. The molecule has 2 aromatic heterocycles. The molecule has 0 aliphatic carbocycles. The van der Waals surface area contributed by atoms with Gasteiger partial charge in [-0.1, -0.05) is 60.7 Å². The van der Waals surface area contributed by atoms with Gasteiger partial charge in [0.1, 0.15) is 11.2 Å². The van der Waals surface area contributed by atoms with Crippen molar-refractivity contribution in [3.8, 4) is 10.4 Å². The molecule has 1 atom stereocenters. The molecule has 0 unspecified atom stereocenters. The van der Waals surface area contributed by atoms with Gasteiger partial charge in [-0.25, -0.2) is 4.98 Å². The zero-order valence-corrected chi connectivity index (χ0v) is 16.1. The number of hydrogen-bond acceptors (Lipinski definition) is 4. The second-order valence-corrected chi connectivity index (χ2v) is 7.62. The van der Waals surface area contributed by atoms with Crippen molar-refractivity contribution in [3.63, 3.8) is 0 Å². The van der Waals surface area contributed by atoms with Crippen LogP contribution in [0.25, 0.3) is 20.7 Å². The van der Waals surface area contributed by atoms with Crippen molar-refractivity contribution in [2.75, 3.05) is 0 Å². The number of hydrogen-bond donors (Lipinski definition) is 1. The maximum absolute atomic E-state index is 12.8. The van der Waals surface area contributed by atoms with E-state index >= 15 is 0 Å². The average Bonchev–Trinajstić information content (AvgIpc) is 3.17. The van der Waals surface area contributed by atoms with Crippen molar-refractivity contribution in [2.45, 2.75) is 19.5 Å². The molecule has 1 N–H and O–H groups in total. The highest BCUT2D eigenvalue weighted by atomic mass is 32.1. The predicted octanol–water partition coefficient (Wildman–Crippen LogP) is 4.00. The van der Waals surface area contributed by atoms with Gasteiger partial charge in [0.15, 0.2) is 0 Å². The van der Waals surface area contributed by atoms with Crippen LogP contribution in [0.5, 0.6) is 0 Å². The average molecular weight is 389 g/mol. The standard InChI is InChI=1S/C22H19N3O2S/c1-15(16-8-4-2-5-9-16)24-20(26)13-25-14-23-18-12-19(28-21(18)22(25)27)17-10-6-3-7-11-17/h2-12,14-15H,13H2,1H3,(H,24,26)/t15-/m0/s1. The minimum Gasteiger partial charge on any atom is -0.348 e. The Morgan fingerprint density at radius 1 is 1.11 bits per heavy atom. The lowest BCUT2D eigenvalue weighted by molar-refractivity contribution is -0.122. The smallest absolute Gasteiger partial charge is 0.271 e. The van der Waals surface area contributed by atoms with E-state index in [-0.39, 0.29) is 24.1 Å². The highest BCUT2D eigenvalue weighted by molar-refractivity contribution is 7.22. The lowest BCUT2D eigenvalue weighted by atomic mass is 10.1. The first kappa shape index (κ1) is 18.1. The van der Waals surface area contributed by atoms with Crippen LogP contribution in [0.3, 0.4) is 0 Å². The number of carbonyl (C=O) groups is 1. The fourth-order valence-electron chi connectivity index (χ4n) is 3.07. The number of fused-ring (bicyclic) bond motifs is 1. The molecule has 140 valence electrons. The first-order valence-corrected chi connectivity index (χ1v) is 9.82. The van der Waals surface area contributed by atoms with E-state index in [0.717, 1.165) is 16.0 Å². The molecule has 0 radical (unpaired) electrons. The topological polar surface area (TPSA) is 64.0 Å². The normalized spacial score (nSPS) is 12.0. The van der Waals surface area contributed by atoms with Gasteiger partial charge in [0, 0.05) is 4.88 Å². The summed E-state index contributed by atoms with van der Waals surface area (Å²) in [5.41, 5.74) is 2.52. The Hall–Kier alpha value is -3.25. The molecule has 0 bridgehead atoms. The summed E-state index contributed by atoms with van der Waals surface area (Å²) >= 11 is 1.40. The molecular weight excluding hydrogens is 370 g/mol. The van der Waals surface area contributed by atoms with Crippen molar-refractivity contribution in [1.82, 2.24) is 14.9 Å². The lowest BCUT2D eigenvalue weighted by Crippen LogP contribution is -2.33. The van der Waals surface area contributed by atoms with E-state index in [9.17, 15) is 9.59 Å². The number of nitrogens with one attached hydrogen (secondary N) is 1. The molecular formula is C22H19N3O2S. The van der Waals surface area contributed by atoms with Crippen LogP contribution in [0.2, 0.25) is 0 Å². The Morgan fingerprint density at radius 3 is 2.50 bits per heavy atom. The minimum atomic E-state index is -0.223. The summed E-state index contributed by atoms with van der Waals surface area (Å²) in [6.07, 6.45) is 1.44. The SMILES string of the molecule is C[C@H](NC(=O)Cn1cnc2cc(-c3ccccc3)sc2c1=O)c1ccccc1. The number of benzene rings is 2. The zero-order valence-electron chi connectivity index (χ0n) is 15.3. The molecule has 0 spiro atoms. The van der Waals surface area contributed by atoms with Gasteiger partial charge in [0.05, 0.1) is 17.9 Å². The Balaban J connectivity index is 1.55. The van der Waals surface area contributed by atoms with Gasteiger partial charge in [-0.3, -0.25) is 14.2 Å². The lowest BCUT2D eigenvalue weighted by Gasteiger charge is -2.14. The molecule has 28 heavy (non-hydrogen) atoms. The monoisotopic (exact) mass is 389 g/mol. The third-order valence-electron chi connectivity index (χ3n) is 4.55. The van der Waals surface area contributed by atoms with Gasteiger partial charge in [-0.05, 0) is 24.1 Å². The molecule has 0 saturated heterocycles. The summed E-state index contributed by atoms with van der Waals surface area (Å²) in [7, 11) is 0. The van der Waals surface area contributed by atoms with Crippen molar-refractivity contribution in [3.05, 3.63) is 89.0 Å². The van der Waals surface area contributed by atoms with Gasteiger partial charge < -0.3 is 5.32 Å². The number of nitrogens with zero attached hydrogens (tertiary/aromatic N) is 2. The van der Waals surface area contributed by atoms with E-state index in [1.54, 1.807) is 0 Å². The molecule has 2 aromatic carbocycles. The first-order chi connectivity index (χ1) is 13.6. The van der Waals surface area contributed by atoms with E-state index in [2.05, 4.69) is 10.3 Å². The molecule has 0 aliphatic rings. The summed E-state index contributed by atoms with van der Waals surface area (Å²) in [6.45, 7) is 1.86. The summed E-state index contributed by atoms with van der Waals surface area (Å²) in [5, 5.41) is 2.93. The molecule has 5 nitrogen and oxygen atoms in total. The van der Waals surface area contributed by atoms with Crippen LogP contribution in [-0.2, 0) is 11.3 Å². The highest BCUT2D eigenvalue weighted by Gasteiger charge is 2.14. The van der Waals surface area contributed by atoms with Gasteiger partial charge in [-0.15, -0.1) is 11.3 Å². The third-order valence-corrected chi connectivity index (χ3v) is 5.71. The number of aromatic nitrogens is 2. The molecule has 0 aliphatic heterocycles. The Bertz CT molecular complexity index is 1170. The number of amides is 1. The van der Waals surface area contributed by atoms with E-state index in [1.165, 1.54) is 22.2 Å². The van der Waals surface area contributed by atoms with Crippen molar-refractivity contribution in [2.24, 2.45) is 0 Å². The number of thiophene rings is 1. The fourth-order valence-corrected chi connectivity index (χ4v) is 4.13.